The van der Waals surface area contributed by atoms with Crippen LogP contribution in [0, 0.1) is 18.3 Å². The van der Waals surface area contributed by atoms with Gasteiger partial charge in [-0.3, -0.25) is 0 Å². The van der Waals surface area contributed by atoms with E-state index in [1.165, 1.54) is 12.1 Å². The molecule has 1 aromatic rings. The first-order valence-electron chi connectivity index (χ1n) is 3.54. The van der Waals surface area contributed by atoms with Crippen LogP contribution in [0.15, 0.2) is 21.9 Å². The van der Waals surface area contributed by atoms with Gasteiger partial charge in [0.1, 0.15) is 0 Å². The summed E-state index contributed by atoms with van der Waals surface area (Å²) in [6.07, 6.45) is 0. The highest BCUT2D eigenvalue weighted by molar-refractivity contribution is 8.13. The van der Waals surface area contributed by atoms with Crippen LogP contribution >= 0.6 is 23.3 Å². The van der Waals surface area contributed by atoms with Gasteiger partial charge < -0.3 is 0 Å². The van der Waals surface area contributed by atoms with E-state index in [1.807, 2.05) is 6.07 Å². The molecule has 0 N–H and O–H groups in total. The summed E-state index contributed by atoms with van der Waals surface area (Å²) in [7, 11) is 1.38. The molecule has 0 radical (unpaired) electrons. The van der Waals surface area contributed by atoms with Crippen molar-refractivity contribution in [1.82, 2.24) is 0 Å². The molecule has 0 aromatic heterocycles. The van der Waals surface area contributed by atoms with Crippen molar-refractivity contribution in [2.75, 3.05) is 0 Å². The summed E-state index contributed by atoms with van der Waals surface area (Å²) in [6.45, 7) is 1.58. The van der Waals surface area contributed by atoms with Crippen molar-refractivity contribution >= 4 is 32.4 Å². The first-order valence-corrected chi connectivity index (χ1v) is 6.30. The lowest BCUT2D eigenvalue weighted by Gasteiger charge is -2.04. The Labute approximate surface area is 92.1 Å². The standard InChI is InChI=1S/C8H6ClNO2S2/c1-5-7(13)2-6(4-10)3-8(5)14(9,11)12/h2-3,13H,1H3. The number of hydrogen-bond donors (Lipinski definition) is 1. The quantitative estimate of drug-likeness (QED) is 0.611. The van der Waals surface area contributed by atoms with Crippen molar-refractivity contribution in [2.45, 2.75) is 16.7 Å². The molecule has 3 nitrogen and oxygen atoms in total. The maximum atomic E-state index is 11.1. The fourth-order valence-corrected chi connectivity index (χ4v) is 2.55. The average molecular weight is 248 g/mol. The minimum absolute atomic E-state index is 0.0665. The first-order chi connectivity index (χ1) is 6.36. The molecule has 6 heteroatoms. The molecule has 0 unspecified atom stereocenters. The highest BCUT2D eigenvalue weighted by Gasteiger charge is 2.16. The van der Waals surface area contributed by atoms with Gasteiger partial charge in [0, 0.05) is 15.6 Å². The van der Waals surface area contributed by atoms with Crippen molar-refractivity contribution in [3.8, 4) is 6.07 Å². The maximum Gasteiger partial charge on any atom is 0.261 e. The van der Waals surface area contributed by atoms with E-state index in [0.29, 0.717) is 10.5 Å². The normalized spacial score (nSPS) is 11.0. The van der Waals surface area contributed by atoms with Crippen LogP contribution < -0.4 is 0 Å². The van der Waals surface area contributed by atoms with Crippen LogP contribution in [0.5, 0.6) is 0 Å². The largest absolute Gasteiger partial charge is 0.261 e. The minimum atomic E-state index is -3.82. The van der Waals surface area contributed by atoms with Gasteiger partial charge in [0.15, 0.2) is 0 Å². The maximum absolute atomic E-state index is 11.1. The Morgan fingerprint density at radius 3 is 2.50 bits per heavy atom. The summed E-state index contributed by atoms with van der Waals surface area (Å²) < 4.78 is 22.2. The topological polar surface area (TPSA) is 57.9 Å². The van der Waals surface area contributed by atoms with Gasteiger partial charge in [-0.15, -0.1) is 12.6 Å². The molecule has 0 heterocycles. The van der Waals surface area contributed by atoms with Crippen molar-refractivity contribution in [2.24, 2.45) is 0 Å². The van der Waals surface area contributed by atoms with Crippen LogP contribution in [0.1, 0.15) is 11.1 Å². The molecule has 0 fully saturated rings. The van der Waals surface area contributed by atoms with Crippen molar-refractivity contribution < 1.29 is 8.42 Å². The third-order valence-corrected chi connectivity index (χ3v) is 3.64. The zero-order valence-electron chi connectivity index (χ0n) is 7.15. The molecule has 0 saturated carbocycles. The number of rotatable bonds is 1. The Morgan fingerprint density at radius 1 is 1.50 bits per heavy atom. The average Bonchev–Trinajstić information content (AvgIpc) is 2.07. The van der Waals surface area contributed by atoms with Crippen LogP contribution in [0.4, 0.5) is 0 Å². The van der Waals surface area contributed by atoms with E-state index in [4.69, 9.17) is 15.9 Å². The summed E-state index contributed by atoms with van der Waals surface area (Å²) in [6, 6.07) is 4.56. The molecule has 0 amide bonds. The zero-order chi connectivity index (χ0) is 10.9. The Bertz CT molecular complexity index is 517. The molecule has 14 heavy (non-hydrogen) atoms. The lowest BCUT2D eigenvalue weighted by molar-refractivity contribution is 0.608. The molecular formula is C8H6ClNO2S2. The number of hydrogen-bond acceptors (Lipinski definition) is 4. The molecule has 0 bridgehead atoms. The second-order valence-corrected chi connectivity index (χ2v) is 5.68. The van der Waals surface area contributed by atoms with Crippen LogP contribution in [-0.2, 0) is 9.05 Å². The van der Waals surface area contributed by atoms with Gasteiger partial charge in [-0.25, -0.2) is 8.42 Å². The monoisotopic (exact) mass is 247 g/mol. The van der Waals surface area contributed by atoms with Crippen LogP contribution in [-0.4, -0.2) is 8.42 Å². The zero-order valence-corrected chi connectivity index (χ0v) is 9.62. The van der Waals surface area contributed by atoms with Gasteiger partial charge in [0.2, 0.25) is 0 Å². The summed E-state index contributed by atoms with van der Waals surface area (Å²) >= 11 is 4.05. The predicted octanol–water partition coefficient (Wildman–Crippen LogP) is 2.08. The third-order valence-electron chi connectivity index (χ3n) is 1.72. The Hall–Kier alpha value is -0.700. The lowest BCUT2D eigenvalue weighted by atomic mass is 10.2. The molecule has 1 aromatic carbocycles. The second-order valence-electron chi connectivity index (χ2n) is 2.67. The van der Waals surface area contributed by atoms with Crippen LogP contribution in [0.3, 0.4) is 0 Å². The van der Waals surface area contributed by atoms with Gasteiger partial charge in [0.05, 0.1) is 16.5 Å². The summed E-state index contributed by atoms with van der Waals surface area (Å²) in [5.41, 5.74) is 0.669. The second kappa shape index (κ2) is 3.81. The summed E-state index contributed by atoms with van der Waals surface area (Å²) in [4.78, 5) is 0.367. The van der Waals surface area contributed by atoms with Gasteiger partial charge in [-0.1, -0.05) is 0 Å². The lowest BCUT2D eigenvalue weighted by Crippen LogP contribution is -1.96. The highest BCUT2D eigenvalue weighted by Crippen LogP contribution is 2.26. The summed E-state index contributed by atoms with van der Waals surface area (Å²) in [5, 5.41) is 8.62. The fourth-order valence-electron chi connectivity index (χ4n) is 0.991. The number of halogens is 1. The molecule has 0 aliphatic rings. The summed E-state index contributed by atoms with van der Waals surface area (Å²) in [5.74, 6) is 0. The molecule has 0 atom stereocenters. The van der Waals surface area contributed by atoms with E-state index < -0.39 is 9.05 Å². The molecule has 74 valence electrons. The van der Waals surface area contributed by atoms with Gasteiger partial charge >= 0.3 is 0 Å². The van der Waals surface area contributed by atoms with Crippen molar-refractivity contribution in [1.29, 1.82) is 5.26 Å². The van der Waals surface area contributed by atoms with E-state index in [2.05, 4.69) is 12.6 Å². The Balaban J connectivity index is 3.61. The van der Waals surface area contributed by atoms with Crippen LogP contribution in [0.2, 0.25) is 0 Å². The van der Waals surface area contributed by atoms with E-state index in [9.17, 15) is 8.42 Å². The highest BCUT2D eigenvalue weighted by atomic mass is 35.7. The SMILES string of the molecule is Cc1c(S)cc(C#N)cc1S(=O)(=O)Cl. The predicted molar refractivity (Wildman–Crippen MR) is 56.2 cm³/mol. The number of nitrogens with zero attached hydrogens (tertiary/aromatic N) is 1. The number of benzene rings is 1. The molecule has 0 aliphatic heterocycles. The molecular weight excluding hydrogens is 242 g/mol. The minimum Gasteiger partial charge on any atom is -0.207 e. The molecule has 0 spiro atoms. The van der Waals surface area contributed by atoms with Crippen molar-refractivity contribution in [3.05, 3.63) is 23.3 Å². The number of nitriles is 1. The van der Waals surface area contributed by atoms with Gasteiger partial charge in [0.25, 0.3) is 9.05 Å². The molecule has 0 aliphatic carbocycles. The Morgan fingerprint density at radius 2 is 2.07 bits per heavy atom. The third kappa shape index (κ3) is 2.21. The van der Waals surface area contributed by atoms with Crippen LogP contribution in [0.25, 0.3) is 0 Å². The number of thiol groups is 1. The molecule has 0 saturated heterocycles. The van der Waals surface area contributed by atoms with E-state index in [1.54, 1.807) is 6.92 Å². The molecule has 1 rings (SSSR count). The smallest absolute Gasteiger partial charge is 0.207 e. The first kappa shape index (κ1) is 11.4. The van der Waals surface area contributed by atoms with E-state index >= 15 is 0 Å². The fraction of sp³-hybridized carbons (Fsp3) is 0.125. The Kier molecular flexibility index (Phi) is 3.10. The van der Waals surface area contributed by atoms with Gasteiger partial charge in [-0.05, 0) is 24.6 Å². The van der Waals surface area contributed by atoms with E-state index in [-0.39, 0.29) is 10.5 Å². The van der Waals surface area contributed by atoms with E-state index in [0.717, 1.165) is 0 Å². The van der Waals surface area contributed by atoms with Gasteiger partial charge in [-0.2, -0.15) is 5.26 Å². The van der Waals surface area contributed by atoms with Crippen molar-refractivity contribution in [3.63, 3.8) is 0 Å².